The molecule has 0 bridgehead atoms. The monoisotopic (exact) mass is 407 g/mol. The third-order valence-electron chi connectivity index (χ3n) is 7.78. The van der Waals surface area contributed by atoms with Crippen molar-refractivity contribution in [2.24, 2.45) is 27.7 Å². The molecule has 0 amide bonds. The predicted octanol–water partition coefficient (Wildman–Crippen LogP) is 2.86. The third kappa shape index (κ3) is 2.26. The van der Waals surface area contributed by atoms with E-state index in [-0.39, 0.29) is 29.2 Å². The second-order valence-electron chi connectivity index (χ2n) is 9.84. The summed E-state index contributed by atoms with van der Waals surface area (Å²) >= 11 is 0. The summed E-state index contributed by atoms with van der Waals surface area (Å²) in [6, 6.07) is 9.17. The van der Waals surface area contributed by atoms with Gasteiger partial charge < -0.3 is 14.2 Å². The highest BCUT2D eigenvalue weighted by molar-refractivity contribution is 6.14. The first-order valence-corrected chi connectivity index (χ1v) is 10.8. The summed E-state index contributed by atoms with van der Waals surface area (Å²) in [5.74, 6) is -0.697. The summed E-state index contributed by atoms with van der Waals surface area (Å²) in [5.41, 5.74) is 1.76. The summed E-state index contributed by atoms with van der Waals surface area (Å²) in [6.45, 7) is 4.81. The third-order valence-corrected chi connectivity index (χ3v) is 7.78. The van der Waals surface area contributed by atoms with E-state index in [4.69, 9.17) is 19.2 Å². The first-order chi connectivity index (χ1) is 14.4. The van der Waals surface area contributed by atoms with E-state index in [1.54, 1.807) is 0 Å². The zero-order chi connectivity index (χ0) is 20.7. The van der Waals surface area contributed by atoms with E-state index in [0.29, 0.717) is 25.2 Å². The Morgan fingerprint density at radius 1 is 1.13 bits per heavy atom. The minimum Gasteiger partial charge on any atom is -0.455 e. The number of fused-ring (bicyclic) bond motifs is 1. The smallest absolute Gasteiger partial charge is 0.331 e. The highest BCUT2D eigenvalue weighted by Gasteiger charge is 2.74. The number of allylic oxidation sites excluding steroid dienone is 1. The Labute approximate surface area is 175 Å². The zero-order valence-corrected chi connectivity index (χ0v) is 17.2. The van der Waals surface area contributed by atoms with Gasteiger partial charge >= 0.3 is 11.9 Å². The summed E-state index contributed by atoms with van der Waals surface area (Å²) < 4.78 is 17.5. The fourth-order valence-electron chi connectivity index (χ4n) is 6.53. The number of carbonyl (C=O) groups is 2. The normalized spacial score (nSPS) is 40.4. The van der Waals surface area contributed by atoms with E-state index in [2.05, 4.69) is 19.9 Å². The molecule has 156 valence electrons. The lowest BCUT2D eigenvalue weighted by molar-refractivity contribution is -0.166. The summed E-state index contributed by atoms with van der Waals surface area (Å²) in [5, 5.41) is 0. The van der Waals surface area contributed by atoms with Crippen LogP contribution in [0.4, 0.5) is 0 Å². The van der Waals surface area contributed by atoms with Crippen molar-refractivity contribution in [1.29, 1.82) is 0 Å². The highest BCUT2D eigenvalue weighted by atomic mass is 16.7. The molecule has 0 unspecified atom stereocenters. The Morgan fingerprint density at radius 3 is 2.73 bits per heavy atom. The molecular formula is C24H25NO5. The number of ether oxygens (including phenoxy) is 3. The van der Waals surface area contributed by atoms with Gasteiger partial charge in [-0.1, -0.05) is 50.3 Å². The van der Waals surface area contributed by atoms with E-state index in [1.165, 1.54) is 0 Å². The predicted molar refractivity (Wildman–Crippen MR) is 108 cm³/mol. The molecule has 0 aromatic heterocycles. The van der Waals surface area contributed by atoms with Gasteiger partial charge in [0, 0.05) is 6.42 Å². The van der Waals surface area contributed by atoms with Gasteiger partial charge in [0.2, 0.25) is 6.29 Å². The molecule has 30 heavy (non-hydrogen) atoms. The molecule has 6 atom stereocenters. The minimum atomic E-state index is -0.896. The molecule has 2 aliphatic carbocycles. The molecule has 6 rings (SSSR count). The number of hydrogen-bond acceptors (Lipinski definition) is 6. The molecule has 2 saturated heterocycles. The SMILES string of the molecule is CC1(C)C[C@@H]2OC(=O)[C@H](Cc3ccccc3)N=C2[C@@]23C(=O)O[C@H]4OCC(=CC[C@@H]12)[C@H]43. The molecule has 1 aromatic carbocycles. The van der Waals surface area contributed by atoms with Gasteiger partial charge in [0.05, 0.1) is 18.2 Å². The second-order valence-corrected chi connectivity index (χ2v) is 9.84. The standard InChI is InChI=1S/C24H25NO5/c1-23(2)11-16-19(25-15(20(26)29-16)10-13-6-4-3-5-7-13)24-17(23)9-8-14-12-28-21(18(14)24)30-22(24)27/h3-8,15-18,21H,9-12H2,1-2H3/t15-,16-,17-,18+,21+,24+/m0/s1. The summed E-state index contributed by atoms with van der Waals surface area (Å²) in [6.07, 6.45) is 3.09. The van der Waals surface area contributed by atoms with Crippen LogP contribution in [0.15, 0.2) is 47.0 Å². The maximum atomic E-state index is 13.5. The number of aliphatic imine (C=N–C) groups is 1. The Balaban J connectivity index is 1.50. The lowest BCUT2D eigenvalue weighted by Crippen LogP contribution is -2.64. The topological polar surface area (TPSA) is 74.2 Å². The lowest BCUT2D eigenvalue weighted by atomic mass is 9.47. The highest BCUT2D eigenvalue weighted by Crippen LogP contribution is 2.65. The lowest BCUT2D eigenvalue weighted by Gasteiger charge is -2.55. The van der Waals surface area contributed by atoms with Crippen molar-refractivity contribution in [2.75, 3.05) is 6.61 Å². The number of nitrogens with zero attached hydrogens (tertiary/aromatic N) is 1. The van der Waals surface area contributed by atoms with Gasteiger partial charge in [0.25, 0.3) is 0 Å². The van der Waals surface area contributed by atoms with E-state index >= 15 is 0 Å². The van der Waals surface area contributed by atoms with Crippen LogP contribution < -0.4 is 0 Å². The largest absolute Gasteiger partial charge is 0.455 e. The second kappa shape index (κ2) is 6.03. The first kappa shape index (κ1) is 18.3. The summed E-state index contributed by atoms with van der Waals surface area (Å²) in [7, 11) is 0. The molecule has 0 N–H and O–H groups in total. The van der Waals surface area contributed by atoms with Gasteiger partial charge in [-0.15, -0.1) is 0 Å². The van der Waals surface area contributed by atoms with Crippen molar-refractivity contribution in [3.05, 3.63) is 47.5 Å². The molecular weight excluding hydrogens is 382 g/mol. The van der Waals surface area contributed by atoms with Crippen LogP contribution in [0.1, 0.15) is 32.3 Å². The molecule has 3 fully saturated rings. The van der Waals surface area contributed by atoms with Crippen LogP contribution in [0.3, 0.4) is 0 Å². The van der Waals surface area contributed by atoms with E-state index in [0.717, 1.165) is 17.6 Å². The van der Waals surface area contributed by atoms with Gasteiger partial charge in [-0.3, -0.25) is 9.79 Å². The number of benzene rings is 1. The zero-order valence-electron chi connectivity index (χ0n) is 17.2. The molecule has 6 heteroatoms. The molecule has 1 spiro atoms. The van der Waals surface area contributed by atoms with E-state index < -0.39 is 23.9 Å². The average Bonchev–Trinajstić information content (AvgIpc) is 3.25. The van der Waals surface area contributed by atoms with Gasteiger partial charge in [-0.25, -0.2) is 4.79 Å². The quantitative estimate of drug-likeness (QED) is 0.557. The van der Waals surface area contributed by atoms with Crippen LogP contribution >= 0.6 is 0 Å². The fourth-order valence-corrected chi connectivity index (χ4v) is 6.53. The van der Waals surface area contributed by atoms with Crippen molar-refractivity contribution in [2.45, 2.75) is 51.5 Å². The maximum Gasteiger partial charge on any atom is 0.331 e. The van der Waals surface area contributed by atoms with Crippen molar-refractivity contribution in [3.8, 4) is 0 Å². The Kier molecular flexibility index (Phi) is 3.68. The minimum absolute atomic E-state index is 0.0436. The van der Waals surface area contributed by atoms with Crippen LogP contribution in [-0.2, 0) is 30.2 Å². The van der Waals surface area contributed by atoms with Crippen LogP contribution in [0.5, 0.6) is 0 Å². The molecule has 3 heterocycles. The molecule has 5 aliphatic rings. The van der Waals surface area contributed by atoms with Gasteiger partial charge in [-0.05, 0) is 35.3 Å². The summed E-state index contributed by atoms with van der Waals surface area (Å²) in [4.78, 5) is 31.3. The van der Waals surface area contributed by atoms with Crippen LogP contribution in [0.2, 0.25) is 0 Å². The average molecular weight is 407 g/mol. The van der Waals surface area contributed by atoms with Crippen molar-refractivity contribution >= 4 is 17.7 Å². The Bertz CT molecular complexity index is 996. The molecule has 6 nitrogen and oxygen atoms in total. The number of rotatable bonds is 2. The van der Waals surface area contributed by atoms with Crippen LogP contribution in [0, 0.1) is 22.7 Å². The number of esters is 2. The van der Waals surface area contributed by atoms with Gasteiger partial charge in [-0.2, -0.15) is 0 Å². The molecule has 3 aliphatic heterocycles. The fraction of sp³-hybridized carbons (Fsp3) is 0.542. The van der Waals surface area contributed by atoms with Crippen molar-refractivity contribution in [1.82, 2.24) is 0 Å². The van der Waals surface area contributed by atoms with E-state index in [1.807, 2.05) is 30.3 Å². The van der Waals surface area contributed by atoms with Gasteiger partial charge in [0.1, 0.15) is 11.5 Å². The number of carbonyl (C=O) groups excluding carboxylic acids is 2. The molecule has 1 aromatic rings. The molecule has 0 radical (unpaired) electrons. The first-order valence-electron chi connectivity index (χ1n) is 10.8. The van der Waals surface area contributed by atoms with Crippen LogP contribution in [-0.4, -0.2) is 42.7 Å². The Morgan fingerprint density at radius 2 is 1.93 bits per heavy atom. The van der Waals surface area contributed by atoms with Crippen LogP contribution in [0.25, 0.3) is 0 Å². The van der Waals surface area contributed by atoms with Gasteiger partial charge in [0.15, 0.2) is 6.04 Å². The van der Waals surface area contributed by atoms with E-state index in [9.17, 15) is 9.59 Å². The van der Waals surface area contributed by atoms with Crippen molar-refractivity contribution in [3.63, 3.8) is 0 Å². The molecule has 1 saturated carbocycles. The van der Waals surface area contributed by atoms with Crippen molar-refractivity contribution < 1.29 is 23.8 Å². The Hall–Kier alpha value is -2.47. The maximum absolute atomic E-state index is 13.5. The number of hydrogen-bond donors (Lipinski definition) is 0.